The van der Waals surface area contributed by atoms with Gasteiger partial charge < -0.3 is 4.98 Å². The summed E-state index contributed by atoms with van der Waals surface area (Å²) < 4.78 is 1.67. The van der Waals surface area contributed by atoms with Gasteiger partial charge in [0, 0.05) is 18.4 Å². The van der Waals surface area contributed by atoms with E-state index in [1.54, 1.807) is 4.57 Å². The van der Waals surface area contributed by atoms with Crippen LogP contribution in [0, 0.1) is 5.92 Å². The molecule has 3 heteroatoms. The van der Waals surface area contributed by atoms with Crippen molar-refractivity contribution >= 4 is 0 Å². The third-order valence-corrected chi connectivity index (χ3v) is 2.96. The molecule has 21 heavy (non-hydrogen) atoms. The van der Waals surface area contributed by atoms with E-state index in [0.717, 1.165) is 24.6 Å². The van der Waals surface area contributed by atoms with Gasteiger partial charge in [0.05, 0.1) is 0 Å². The molecule has 0 unspecified atom stereocenters. The van der Waals surface area contributed by atoms with Crippen LogP contribution in [-0.2, 0) is 13.0 Å². The summed E-state index contributed by atoms with van der Waals surface area (Å²) in [6.07, 6.45) is 6.66. The number of hydrogen-bond donors (Lipinski definition) is 1. The van der Waals surface area contributed by atoms with E-state index >= 15 is 0 Å². The molecular weight excluding hydrogens is 260 g/mol. The Morgan fingerprint density at radius 2 is 1.48 bits per heavy atom. The number of nitrogens with zero attached hydrogens (tertiary/aromatic N) is 1. The first-order chi connectivity index (χ1) is 10.00. The molecule has 0 saturated carbocycles. The van der Waals surface area contributed by atoms with Crippen LogP contribution >= 0.6 is 0 Å². The highest BCUT2D eigenvalue weighted by Crippen LogP contribution is 2.02. The second kappa shape index (κ2) is 19.0. The lowest BCUT2D eigenvalue weighted by Gasteiger charge is -1.98. The van der Waals surface area contributed by atoms with Crippen LogP contribution in [0.1, 0.15) is 87.3 Å². The summed E-state index contributed by atoms with van der Waals surface area (Å²) >= 11 is 0. The Kier molecular flexibility index (Phi) is 22.6. The van der Waals surface area contributed by atoms with Crippen molar-refractivity contribution in [3.8, 4) is 0 Å². The number of aromatic amines is 1. The van der Waals surface area contributed by atoms with Crippen LogP contribution in [0.2, 0.25) is 0 Å². The zero-order valence-corrected chi connectivity index (χ0v) is 16.0. The highest BCUT2D eigenvalue weighted by molar-refractivity contribution is 4.95. The Morgan fingerprint density at radius 1 is 1.05 bits per heavy atom. The molecule has 0 aromatic carbocycles. The van der Waals surface area contributed by atoms with Crippen LogP contribution in [0.3, 0.4) is 0 Å². The fourth-order valence-electron chi connectivity index (χ4n) is 1.19. The predicted molar refractivity (Wildman–Crippen MR) is 97.2 cm³/mol. The maximum Gasteiger partial charge on any atom is 0.325 e. The van der Waals surface area contributed by atoms with Gasteiger partial charge in [-0.3, -0.25) is 4.57 Å². The highest BCUT2D eigenvalue weighted by atomic mass is 16.1. The van der Waals surface area contributed by atoms with Gasteiger partial charge >= 0.3 is 5.69 Å². The Balaban J connectivity index is -0.000000253. The van der Waals surface area contributed by atoms with Gasteiger partial charge in [-0.05, 0) is 19.3 Å². The summed E-state index contributed by atoms with van der Waals surface area (Å²) in [5.74, 6) is 0.935. The molecule has 0 aliphatic carbocycles. The Morgan fingerprint density at radius 3 is 1.62 bits per heavy atom. The predicted octanol–water partition coefficient (Wildman–Crippen LogP) is 5.64. The zero-order chi connectivity index (χ0) is 17.3. The van der Waals surface area contributed by atoms with E-state index in [-0.39, 0.29) is 5.69 Å². The van der Waals surface area contributed by atoms with E-state index in [1.807, 2.05) is 33.9 Å². The fourth-order valence-corrected chi connectivity index (χ4v) is 1.19. The van der Waals surface area contributed by atoms with Gasteiger partial charge in [0.1, 0.15) is 0 Å². The van der Waals surface area contributed by atoms with Gasteiger partial charge in [-0.1, -0.05) is 74.7 Å². The molecular formula is C18H40N2O. The monoisotopic (exact) mass is 300 g/mol. The van der Waals surface area contributed by atoms with Gasteiger partial charge in [-0.15, -0.1) is 0 Å². The molecule has 0 aliphatic rings. The van der Waals surface area contributed by atoms with Crippen LogP contribution in [0.25, 0.3) is 0 Å². The molecule has 0 aliphatic heterocycles. The highest BCUT2D eigenvalue weighted by Gasteiger charge is 1.96. The van der Waals surface area contributed by atoms with Crippen LogP contribution < -0.4 is 5.69 Å². The van der Waals surface area contributed by atoms with Gasteiger partial charge in [0.25, 0.3) is 0 Å². The van der Waals surface area contributed by atoms with Gasteiger partial charge in [-0.25, -0.2) is 4.79 Å². The van der Waals surface area contributed by atoms with E-state index in [1.165, 1.54) is 19.3 Å². The average molecular weight is 301 g/mol. The molecule has 3 nitrogen and oxygen atoms in total. The summed E-state index contributed by atoms with van der Waals surface area (Å²) in [6, 6.07) is 0. The lowest BCUT2D eigenvalue weighted by atomic mass is 10.1. The second-order valence-corrected chi connectivity index (χ2v) is 4.85. The summed E-state index contributed by atoms with van der Waals surface area (Å²) in [5, 5.41) is 0. The van der Waals surface area contributed by atoms with Crippen molar-refractivity contribution in [2.45, 2.75) is 94.5 Å². The van der Waals surface area contributed by atoms with Crippen molar-refractivity contribution in [1.29, 1.82) is 0 Å². The lowest BCUT2D eigenvalue weighted by Crippen LogP contribution is -2.14. The van der Waals surface area contributed by atoms with Gasteiger partial charge in [0.2, 0.25) is 0 Å². The summed E-state index contributed by atoms with van der Waals surface area (Å²) in [4.78, 5) is 13.7. The number of H-pyrrole nitrogens is 1. The minimum Gasteiger partial charge on any atom is -0.310 e. The quantitative estimate of drug-likeness (QED) is 0.767. The molecule has 0 spiro atoms. The number of aromatic nitrogens is 2. The fraction of sp³-hybridized carbons (Fsp3) is 0.833. The topological polar surface area (TPSA) is 37.8 Å². The number of hydrogen-bond acceptors (Lipinski definition) is 1. The third-order valence-electron chi connectivity index (χ3n) is 2.96. The van der Waals surface area contributed by atoms with Crippen LogP contribution in [0.4, 0.5) is 0 Å². The number of rotatable bonds is 4. The standard InChI is InChI=1S/C7H12N2O.C6H14.C3H8.C2H6/c1-3-6-5-9(4-2)7(10)8-6;1-4-6(3)5-2;1-3-2;1-2/h5H,3-4H2,1-2H3,(H,8,10);6H,4-5H2,1-3H3;3H2,1-2H3;1-2H3. The van der Waals surface area contributed by atoms with Crippen molar-refractivity contribution in [3.05, 3.63) is 22.4 Å². The molecule has 0 radical (unpaired) electrons. The SMILES string of the molecule is CC.CCC.CCC(C)CC.CCc1cn(CC)c(=O)[nH]1. The molecule has 0 atom stereocenters. The molecule has 1 aromatic rings. The van der Waals surface area contributed by atoms with Crippen LogP contribution in [0.15, 0.2) is 11.0 Å². The molecule has 0 saturated heterocycles. The van der Waals surface area contributed by atoms with E-state index in [2.05, 4.69) is 39.6 Å². The average Bonchev–Trinajstić information content (AvgIpc) is 2.90. The molecule has 1 N–H and O–H groups in total. The van der Waals surface area contributed by atoms with E-state index in [0.29, 0.717) is 0 Å². The smallest absolute Gasteiger partial charge is 0.310 e. The zero-order valence-electron chi connectivity index (χ0n) is 16.0. The van der Waals surface area contributed by atoms with Crippen molar-refractivity contribution in [2.24, 2.45) is 5.92 Å². The van der Waals surface area contributed by atoms with Crippen molar-refractivity contribution in [1.82, 2.24) is 9.55 Å². The summed E-state index contributed by atoms with van der Waals surface area (Å²) in [7, 11) is 0. The molecule has 1 aromatic heterocycles. The second-order valence-electron chi connectivity index (χ2n) is 4.85. The summed E-state index contributed by atoms with van der Waals surface area (Å²) in [5.41, 5.74) is 1.01. The number of nitrogens with one attached hydrogen (secondary N) is 1. The van der Waals surface area contributed by atoms with Gasteiger partial charge in [0.15, 0.2) is 0 Å². The number of aryl methyl sites for hydroxylation is 2. The molecule has 0 fully saturated rings. The van der Waals surface area contributed by atoms with Crippen LogP contribution in [0.5, 0.6) is 0 Å². The Hall–Kier alpha value is -0.990. The Bertz CT molecular complexity index is 335. The van der Waals surface area contributed by atoms with E-state index in [9.17, 15) is 4.79 Å². The normalized spacial score (nSPS) is 8.86. The number of imidazole rings is 1. The van der Waals surface area contributed by atoms with Crippen molar-refractivity contribution in [2.75, 3.05) is 0 Å². The molecule has 1 rings (SSSR count). The first-order valence-electron chi connectivity index (χ1n) is 8.78. The van der Waals surface area contributed by atoms with Crippen molar-refractivity contribution < 1.29 is 0 Å². The van der Waals surface area contributed by atoms with E-state index in [4.69, 9.17) is 0 Å². The Labute approximate surface area is 133 Å². The summed E-state index contributed by atoms with van der Waals surface area (Å²) in [6.45, 7) is 19.7. The molecule has 0 bridgehead atoms. The minimum atomic E-state index is -0.000602. The van der Waals surface area contributed by atoms with E-state index < -0.39 is 0 Å². The maximum absolute atomic E-state index is 10.9. The molecule has 128 valence electrons. The first kappa shape index (κ1) is 25.0. The lowest BCUT2D eigenvalue weighted by molar-refractivity contribution is 0.544. The van der Waals surface area contributed by atoms with Crippen LogP contribution in [-0.4, -0.2) is 9.55 Å². The van der Waals surface area contributed by atoms with Gasteiger partial charge in [-0.2, -0.15) is 0 Å². The maximum atomic E-state index is 10.9. The largest absolute Gasteiger partial charge is 0.325 e. The first-order valence-corrected chi connectivity index (χ1v) is 8.78. The third kappa shape index (κ3) is 15.2. The molecule has 1 heterocycles. The van der Waals surface area contributed by atoms with Crippen molar-refractivity contribution in [3.63, 3.8) is 0 Å². The minimum absolute atomic E-state index is 0.000602. The molecule has 0 amide bonds.